The molecule has 0 bridgehead atoms. The van der Waals surface area contributed by atoms with Gasteiger partial charge in [-0.2, -0.15) is 0 Å². The van der Waals surface area contributed by atoms with E-state index in [0.29, 0.717) is 11.8 Å². The molecule has 0 aliphatic heterocycles. The van der Waals surface area contributed by atoms with Gasteiger partial charge in [0.25, 0.3) is 0 Å². The number of anilines is 2. The lowest BCUT2D eigenvalue weighted by Crippen LogP contribution is -2.47. The van der Waals surface area contributed by atoms with Gasteiger partial charge in [0.15, 0.2) is 0 Å². The molecule has 2 nitrogen and oxygen atoms in total. The summed E-state index contributed by atoms with van der Waals surface area (Å²) in [4.78, 5) is 5.05. The highest BCUT2D eigenvalue weighted by molar-refractivity contribution is 5.80. The van der Waals surface area contributed by atoms with Gasteiger partial charge in [0, 0.05) is 28.5 Å². The van der Waals surface area contributed by atoms with Crippen LogP contribution in [0.15, 0.2) is 145 Å². The van der Waals surface area contributed by atoms with Crippen LogP contribution in [-0.4, -0.2) is 5.54 Å². The van der Waals surface area contributed by atoms with Crippen LogP contribution in [-0.2, 0) is 6.42 Å². The summed E-state index contributed by atoms with van der Waals surface area (Å²) in [5.74, 6) is 0.989. The normalized spacial score (nSPS) is 23.9. The van der Waals surface area contributed by atoms with Crippen LogP contribution >= 0.6 is 0 Å². The lowest BCUT2D eigenvalue weighted by Gasteiger charge is -2.46. The van der Waals surface area contributed by atoms with Crippen molar-refractivity contribution in [1.29, 1.82) is 0 Å². The molecule has 0 saturated heterocycles. The summed E-state index contributed by atoms with van der Waals surface area (Å²) in [5.41, 5.74) is 11.8. The number of para-hydroxylation sites is 1. The van der Waals surface area contributed by atoms with Crippen molar-refractivity contribution < 1.29 is 0 Å². The molecule has 0 spiro atoms. The van der Waals surface area contributed by atoms with Crippen molar-refractivity contribution in [2.75, 3.05) is 9.80 Å². The van der Waals surface area contributed by atoms with Crippen molar-refractivity contribution in [3.05, 3.63) is 156 Å². The summed E-state index contributed by atoms with van der Waals surface area (Å²) in [6.07, 6.45) is 25.2. The van der Waals surface area contributed by atoms with Crippen molar-refractivity contribution in [2.24, 2.45) is 11.8 Å². The average molecular weight is 549 g/mol. The lowest BCUT2D eigenvalue weighted by molar-refractivity contribution is 0.507. The van der Waals surface area contributed by atoms with Crippen molar-refractivity contribution in [3.63, 3.8) is 0 Å². The van der Waals surface area contributed by atoms with Gasteiger partial charge in [0.05, 0.1) is 5.54 Å². The molecule has 3 unspecified atom stereocenters. The highest BCUT2D eigenvalue weighted by atomic mass is 15.2. The zero-order chi connectivity index (χ0) is 28.7. The first-order valence-corrected chi connectivity index (χ1v) is 15.5. The van der Waals surface area contributed by atoms with Gasteiger partial charge in [-0.1, -0.05) is 98.8 Å². The largest absolute Gasteiger partial charge is 0.335 e. The molecular weight excluding hydrogens is 508 g/mol. The second kappa shape index (κ2) is 10.8. The maximum Gasteiger partial charge on any atom is 0.0641 e. The fraction of sp³-hybridized carbons (Fsp3) is 0.250. The monoisotopic (exact) mass is 548 g/mol. The highest BCUT2D eigenvalue weighted by Crippen LogP contribution is 2.43. The van der Waals surface area contributed by atoms with Crippen LogP contribution in [0, 0.1) is 11.8 Å². The van der Waals surface area contributed by atoms with Crippen LogP contribution in [0.1, 0.15) is 51.2 Å². The minimum atomic E-state index is -0.175. The third-order valence-electron chi connectivity index (χ3n) is 9.32. The van der Waals surface area contributed by atoms with Gasteiger partial charge >= 0.3 is 0 Å². The Hall–Kier alpha value is -4.30. The van der Waals surface area contributed by atoms with Crippen LogP contribution in [0.4, 0.5) is 11.4 Å². The molecule has 3 atom stereocenters. The number of hydrogen-bond acceptors (Lipinski definition) is 2. The number of allylic oxidation sites excluding steroid dienone is 8. The van der Waals surface area contributed by atoms with E-state index in [1.807, 2.05) is 0 Å². The molecule has 42 heavy (non-hydrogen) atoms. The third-order valence-corrected chi connectivity index (χ3v) is 9.32. The quantitative estimate of drug-likeness (QED) is 0.236. The Kier molecular flexibility index (Phi) is 6.86. The van der Waals surface area contributed by atoms with Crippen LogP contribution < -0.4 is 9.80 Å². The molecule has 210 valence electrons. The molecular formula is C40H40N2. The van der Waals surface area contributed by atoms with E-state index in [9.17, 15) is 0 Å². The molecule has 4 aliphatic carbocycles. The Bertz CT molecular complexity index is 1680. The summed E-state index contributed by atoms with van der Waals surface area (Å²) in [6.45, 7) is 7.04. The Labute approximate surface area is 251 Å². The van der Waals surface area contributed by atoms with E-state index in [4.69, 9.17) is 0 Å². The van der Waals surface area contributed by atoms with E-state index < -0.39 is 0 Å². The van der Waals surface area contributed by atoms with Gasteiger partial charge in [-0.15, -0.1) is 0 Å². The standard InChI is InChI=1S/C40H40N2/c1-29-12-11-17-35(26-29)41(36-20-21-38-32(28-36)27-31-14-8-9-18-37(31)38)33-22-24-40(3,25-23-33)42(34-15-5-4-6-16-34)39-19-10-7-13-30(39)2/h4-11,14-24,26,28-30H,12-13,25,27H2,1-3H3. The summed E-state index contributed by atoms with van der Waals surface area (Å²) in [7, 11) is 0. The Morgan fingerprint density at radius 1 is 0.762 bits per heavy atom. The van der Waals surface area contributed by atoms with Gasteiger partial charge in [-0.05, 0) is 109 Å². The van der Waals surface area contributed by atoms with Gasteiger partial charge in [0.2, 0.25) is 0 Å². The predicted octanol–water partition coefficient (Wildman–Crippen LogP) is 10.1. The van der Waals surface area contributed by atoms with Crippen molar-refractivity contribution in [2.45, 2.75) is 52.0 Å². The van der Waals surface area contributed by atoms with E-state index >= 15 is 0 Å². The molecule has 0 saturated carbocycles. The summed E-state index contributed by atoms with van der Waals surface area (Å²) in [5, 5.41) is 0. The third kappa shape index (κ3) is 4.79. The number of nitrogens with zero attached hydrogens (tertiary/aromatic N) is 2. The first kappa shape index (κ1) is 26.6. The fourth-order valence-electron chi connectivity index (χ4n) is 7.07. The van der Waals surface area contributed by atoms with Crippen molar-refractivity contribution in [1.82, 2.24) is 0 Å². The maximum atomic E-state index is 2.57. The SMILES string of the molecule is CC1C=C(N(C2=CCC(C)(N(C3=CC=CCC3C)c3ccccc3)C=C2)c2ccc3c(c2)Cc2ccccc2-3)C=CC1. The molecule has 4 aliphatic rings. The molecule has 0 amide bonds. The molecule has 0 heterocycles. The van der Waals surface area contributed by atoms with Gasteiger partial charge in [-0.3, -0.25) is 0 Å². The van der Waals surface area contributed by atoms with Crippen molar-refractivity contribution >= 4 is 11.4 Å². The molecule has 0 fully saturated rings. The minimum absolute atomic E-state index is 0.175. The van der Waals surface area contributed by atoms with E-state index in [2.05, 4.69) is 158 Å². The number of fused-ring (bicyclic) bond motifs is 3. The van der Waals surface area contributed by atoms with Gasteiger partial charge < -0.3 is 9.80 Å². The Morgan fingerprint density at radius 2 is 1.57 bits per heavy atom. The van der Waals surface area contributed by atoms with Crippen LogP contribution in [0.3, 0.4) is 0 Å². The lowest BCUT2D eigenvalue weighted by atomic mass is 9.85. The maximum absolute atomic E-state index is 2.57. The molecule has 0 radical (unpaired) electrons. The predicted molar refractivity (Wildman–Crippen MR) is 178 cm³/mol. The Balaban J connectivity index is 1.26. The van der Waals surface area contributed by atoms with Crippen molar-refractivity contribution in [3.8, 4) is 11.1 Å². The molecule has 0 aromatic heterocycles. The van der Waals surface area contributed by atoms with E-state index in [0.717, 1.165) is 25.7 Å². The number of hydrogen-bond donors (Lipinski definition) is 0. The van der Waals surface area contributed by atoms with E-state index in [1.165, 1.54) is 50.7 Å². The second-order valence-corrected chi connectivity index (χ2v) is 12.6. The van der Waals surface area contributed by atoms with Crippen LogP contribution in [0.2, 0.25) is 0 Å². The molecule has 3 aromatic carbocycles. The van der Waals surface area contributed by atoms with E-state index in [1.54, 1.807) is 0 Å². The summed E-state index contributed by atoms with van der Waals surface area (Å²) < 4.78 is 0. The van der Waals surface area contributed by atoms with Crippen LogP contribution in [0.5, 0.6) is 0 Å². The fourth-order valence-corrected chi connectivity index (χ4v) is 7.07. The molecule has 2 heteroatoms. The summed E-state index contributed by atoms with van der Waals surface area (Å²) in [6, 6.07) is 26.8. The van der Waals surface area contributed by atoms with Crippen LogP contribution in [0.25, 0.3) is 11.1 Å². The van der Waals surface area contributed by atoms with Gasteiger partial charge in [-0.25, -0.2) is 0 Å². The molecule has 3 aromatic rings. The smallest absolute Gasteiger partial charge is 0.0641 e. The zero-order valence-electron chi connectivity index (χ0n) is 25.0. The second-order valence-electron chi connectivity index (χ2n) is 12.6. The van der Waals surface area contributed by atoms with E-state index in [-0.39, 0.29) is 5.54 Å². The summed E-state index contributed by atoms with van der Waals surface area (Å²) >= 11 is 0. The molecule has 7 rings (SSSR count). The number of benzene rings is 3. The zero-order valence-corrected chi connectivity index (χ0v) is 25.0. The molecule has 0 N–H and O–H groups in total. The minimum Gasteiger partial charge on any atom is -0.335 e. The Morgan fingerprint density at radius 3 is 2.36 bits per heavy atom. The average Bonchev–Trinajstić information content (AvgIpc) is 3.38. The highest BCUT2D eigenvalue weighted by Gasteiger charge is 2.36. The number of rotatable bonds is 6. The first-order chi connectivity index (χ1) is 20.5. The first-order valence-electron chi connectivity index (χ1n) is 15.5. The topological polar surface area (TPSA) is 6.48 Å². The van der Waals surface area contributed by atoms with Gasteiger partial charge in [0.1, 0.15) is 0 Å².